The molecular formula is C20H20O4. The Hall–Kier alpha value is -2.88. The molecule has 0 aliphatic rings. The average molecular weight is 324 g/mol. The third-order valence-electron chi connectivity index (χ3n) is 4.03. The number of methoxy groups -OCH3 is 4. The maximum atomic E-state index is 5.52. The van der Waals surface area contributed by atoms with Crippen LogP contribution >= 0.6 is 0 Å². The number of hydrogen-bond acceptors (Lipinski definition) is 4. The minimum atomic E-state index is 0.756. The van der Waals surface area contributed by atoms with Gasteiger partial charge in [-0.1, -0.05) is 12.1 Å². The molecule has 0 unspecified atom stereocenters. The Kier molecular flexibility index (Phi) is 4.47. The summed E-state index contributed by atoms with van der Waals surface area (Å²) in [6, 6.07) is 15.9. The van der Waals surface area contributed by atoms with Gasteiger partial charge in [0.05, 0.1) is 28.4 Å². The molecule has 3 aromatic carbocycles. The summed E-state index contributed by atoms with van der Waals surface area (Å²) < 4.78 is 21.6. The van der Waals surface area contributed by atoms with Gasteiger partial charge in [0.15, 0.2) is 0 Å². The fourth-order valence-corrected chi connectivity index (χ4v) is 2.74. The van der Waals surface area contributed by atoms with Crippen molar-refractivity contribution in [3.63, 3.8) is 0 Å². The Morgan fingerprint density at radius 1 is 0.542 bits per heavy atom. The lowest BCUT2D eigenvalue weighted by atomic mass is 10.00. The lowest BCUT2D eigenvalue weighted by Gasteiger charge is -2.12. The third kappa shape index (κ3) is 2.95. The molecule has 0 saturated carbocycles. The van der Waals surface area contributed by atoms with Gasteiger partial charge in [-0.25, -0.2) is 0 Å². The molecule has 0 aromatic heterocycles. The lowest BCUT2D eigenvalue weighted by molar-refractivity contribution is 0.394. The summed E-state index contributed by atoms with van der Waals surface area (Å²) in [6.45, 7) is 0. The molecule has 0 spiro atoms. The first-order chi connectivity index (χ1) is 11.7. The number of rotatable bonds is 5. The van der Waals surface area contributed by atoms with E-state index in [0.717, 1.165) is 44.9 Å². The second-order valence-corrected chi connectivity index (χ2v) is 5.37. The molecule has 3 aromatic rings. The molecule has 0 fully saturated rings. The summed E-state index contributed by atoms with van der Waals surface area (Å²) in [5, 5.41) is 2.09. The standard InChI is InChI=1S/C20H20O4/c1-21-16-8-15(9-17(11-16)22-2)13-5-6-14-7-18(23-3)12-20(24-4)19(14)10-13/h5-12H,1-4H3. The van der Waals surface area contributed by atoms with Crippen LogP contribution in [0, 0.1) is 0 Å². The number of fused-ring (bicyclic) bond motifs is 1. The number of benzene rings is 3. The summed E-state index contributed by atoms with van der Waals surface area (Å²) in [5.74, 6) is 3.06. The van der Waals surface area contributed by atoms with Gasteiger partial charge in [0.1, 0.15) is 23.0 Å². The SMILES string of the molecule is COc1cc(OC)cc(-c2ccc3cc(OC)cc(OC)c3c2)c1. The van der Waals surface area contributed by atoms with E-state index in [1.54, 1.807) is 28.4 Å². The lowest BCUT2D eigenvalue weighted by Crippen LogP contribution is -1.91. The topological polar surface area (TPSA) is 36.9 Å². The van der Waals surface area contributed by atoms with Crippen LogP contribution in [0.5, 0.6) is 23.0 Å². The Bertz CT molecular complexity index is 849. The van der Waals surface area contributed by atoms with Gasteiger partial charge >= 0.3 is 0 Å². The van der Waals surface area contributed by atoms with E-state index in [0.29, 0.717) is 0 Å². The van der Waals surface area contributed by atoms with Crippen LogP contribution in [0.15, 0.2) is 48.5 Å². The van der Waals surface area contributed by atoms with Crippen molar-refractivity contribution in [2.45, 2.75) is 0 Å². The van der Waals surface area contributed by atoms with E-state index >= 15 is 0 Å². The van der Waals surface area contributed by atoms with Crippen LogP contribution in [0.2, 0.25) is 0 Å². The van der Waals surface area contributed by atoms with Crippen LogP contribution in [-0.4, -0.2) is 28.4 Å². The molecule has 0 saturated heterocycles. The molecule has 0 N–H and O–H groups in total. The van der Waals surface area contributed by atoms with Gasteiger partial charge in [0, 0.05) is 17.5 Å². The summed E-state index contributed by atoms with van der Waals surface area (Å²) >= 11 is 0. The van der Waals surface area contributed by atoms with Crippen LogP contribution in [0.25, 0.3) is 21.9 Å². The van der Waals surface area contributed by atoms with Crippen LogP contribution < -0.4 is 18.9 Å². The van der Waals surface area contributed by atoms with E-state index in [-0.39, 0.29) is 0 Å². The highest BCUT2D eigenvalue weighted by Crippen LogP contribution is 2.36. The van der Waals surface area contributed by atoms with Crippen molar-refractivity contribution < 1.29 is 18.9 Å². The van der Waals surface area contributed by atoms with Gasteiger partial charge in [-0.05, 0) is 40.8 Å². The molecule has 0 heterocycles. The van der Waals surface area contributed by atoms with Crippen molar-refractivity contribution in [1.29, 1.82) is 0 Å². The molecule has 3 rings (SSSR count). The van der Waals surface area contributed by atoms with Gasteiger partial charge in [-0.2, -0.15) is 0 Å². The molecule has 4 nitrogen and oxygen atoms in total. The Balaban J connectivity index is 2.17. The van der Waals surface area contributed by atoms with Gasteiger partial charge in [-0.3, -0.25) is 0 Å². The molecule has 0 aliphatic carbocycles. The number of hydrogen-bond donors (Lipinski definition) is 0. The van der Waals surface area contributed by atoms with Crippen molar-refractivity contribution in [2.75, 3.05) is 28.4 Å². The zero-order valence-electron chi connectivity index (χ0n) is 14.3. The van der Waals surface area contributed by atoms with Crippen molar-refractivity contribution in [3.05, 3.63) is 48.5 Å². The molecular weight excluding hydrogens is 304 g/mol. The van der Waals surface area contributed by atoms with E-state index in [1.807, 2.05) is 30.3 Å². The summed E-state index contributed by atoms with van der Waals surface area (Å²) in [6.07, 6.45) is 0. The first-order valence-electron chi connectivity index (χ1n) is 7.57. The monoisotopic (exact) mass is 324 g/mol. The summed E-state index contributed by atoms with van der Waals surface area (Å²) in [5.41, 5.74) is 2.08. The van der Waals surface area contributed by atoms with E-state index in [1.165, 1.54) is 0 Å². The Labute approximate surface area is 141 Å². The fraction of sp³-hybridized carbons (Fsp3) is 0.200. The predicted molar refractivity (Wildman–Crippen MR) is 95.6 cm³/mol. The van der Waals surface area contributed by atoms with E-state index in [2.05, 4.69) is 18.2 Å². The Morgan fingerprint density at radius 3 is 1.75 bits per heavy atom. The van der Waals surface area contributed by atoms with Crippen molar-refractivity contribution in [1.82, 2.24) is 0 Å². The first kappa shape index (κ1) is 16.0. The first-order valence-corrected chi connectivity index (χ1v) is 7.57. The van der Waals surface area contributed by atoms with Crippen molar-refractivity contribution >= 4 is 10.8 Å². The average Bonchev–Trinajstić information content (AvgIpc) is 2.65. The minimum absolute atomic E-state index is 0.756. The quantitative estimate of drug-likeness (QED) is 0.690. The zero-order chi connectivity index (χ0) is 17.1. The largest absolute Gasteiger partial charge is 0.497 e. The third-order valence-corrected chi connectivity index (χ3v) is 4.03. The fourth-order valence-electron chi connectivity index (χ4n) is 2.74. The molecule has 0 aliphatic heterocycles. The highest BCUT2D eigenvalue weighted by molar-refractivity contribution is 5.93. The minimum Gasteiger partial charge on any atom is -0.497 e. The zero-order valence-corrected chi connectivity index (χ0v) is 14.3. The predicted octanol–water partition coefficient (Wildman–Crippen LogP) is 4.54. The summed E-state index contributed by atoms with van der Waals surface area (Å²) in [7, 11) is 6.61. The van der Waals surface area contributed by atoms with Crippen LogP contribution in [0.4, 0.5) is 0 Å². The van der Waals surface area contributed by atoms with E-state index in [4.69, 9.17) is 18.9 Å². The molecule has 124 valence electrons. The highest BCUT2D eigenvalue weighted by Gasteiger charge is 2.09. The van der Waals surface area contributed by atoms with Crippen LogP contribution in [0.3, 0.4) is 0 Å². The van der Waals surface area contributed by atoms with Gasteiger partial charge < -0.3 is 18.9 Å². The van der Waals surface area contributed by atoms with Crippen molar-refractivity contribution in [2.24, 2.45) is 0 Å². The molecule has 0 amide bonds. The van der Waals surface area contributed by atoms with Crippen LogP contribution in [-0.2, 0) is 0 Å². The molecule has 24 heavy (non-hydrogen) atoms. The molecule has 0 atom stereocenters. The maximum Gasteiger partial charge on any atom is 0.130 e. The molecule has 4 heteroatoms. The maximum absolute atomic E-state index is 5.52. The second kappa shape index (κ2) is 6.71. The van der Waals surface area contributed by atoms with Crippen LogP contribution in [0.1, 0.15) is 0 Å². The Morgan fingerprint density at radius 2 is 1.17 bits per heavy atom. The van der Waals surface area contributed by atoms with E-state index < -0.39 is 0 Å². The smallest absolute Gasteiger partial charge is 0.130 e. The second-order valence-electron chi connectivity index (χ2n) is 5.37. The number of ether oxygens (including phenoxy) is 4. The van der Waals surface area contributed by atoms with Gasteiger partial charge in [0.2, 0.25) is 0 Å². The van der Waals surface area contributed by atoms with E-state index in [9.17, 15) is 0 Å². The highest BCUT2D eigenvalue weighted by atomic mass is 16.5. The summed E-state index contributed by atoms with van der Waals surface area (Å²) in [4.78, 5) is 0. The molecule has 0 bridgehead atoms. The van der Waals surface area contributed by atoms with Gasteiger partial charge in [-0.15, -0.1) is 0 Å². The van der Waals surface area contributed by atoms with Crippen molar-refractivity contribution in [3.8, 4) is 34.1 Å². The molecule has 0 radical (unpaired) electrons. The van der Waals surface area contributed by atoms with Gasteiger partial charge in [0.25, 0.3) is 0 Å². The normalized spacial score (nSPS) is 10.5.